The van der Waals surface area contributed by atoms with Crippen molar-refractivity contribution in [3.05, 3.63) is 0 Å². The van der Waals surface area contributed by atoms with Crippen molar-refractivity contribution in [1.82, 2.24) is 5.32 Å². The highest BCUT2D eigenvalue weighted by Gasteiger charge is 2.29. The van der Waals surface area contributed by atoms with Crippen LogP contribution in [0.2, 0.25) is 6.04 Å². The molecular formula is C13H27NO7Si. The Bertz CT molecular complexity index is 326. The van der Waals surface area contributed by atoms with E-state index in [4.69, 9.17) is 9.47 Å². The van der Waals surface area contributed by atoms with Crippen LogP contribution in [0.15, 0.2) is 0 Å². The lowest BCUT2D eigenvalue weighted by atomic mass is 10.3. The number of rotatable bonds is 14. The maximum Gasteiger partial charge on any atom is 0.495 e. The molecule has 0 saturated carbocycles. The van der Waals surface area contributed by atoms with Gasteiger partial charge in [-0.25, -0.2) is 0 Å². The number of amides is 1. The van der Waals surface area contributed by atoms with E-state index in [1.807, 2.05) is 0 Å². The molecule has 1 amide bonds. The Morgan fingerprint density at radius 3 is 2.18 bits per heavy atom. The third-order valence-corrected chi connectivity index (χ3v) is 4.43. The van der Waals surface area contributed by atoms with Gasteiger partial charge in [-0.05, 0) is 13.3 Å². The summed E-state index contributed by atoms with van der Waals surface area (Å²) >= 11 is 0. The van der Waals surface area contributed by atoms with E-state index in [9.17, 15) is 19.2 Å². The van der Waals surface area contributed by atoms with E-state index in [1.165, 1.54) is 14.0 Å². The van der Waals surface area contributed by atoms with Gasteiger partial charge in [0.25, 0.3) is 0 Å². The van der Waals surface area contributed by atoms with Crippen molar-refractivity contribution in [2.45, 2.75) is 32.2 Å². The van der Waals surface area contributed by atoms with Gasteiger partial charge in [0.2, 0.25) is 5.91 Å². The molecule has 0 saturated heterocycles. The van der Waals surface area contributed by atoms with Crippen LogP contribution >= 0.6 is 0 Å². The van der Waals surface area contributed by atoms with Crippen LogP contribution in [0.3, 0.4) is 0 Å². The van der Waals surface area contributed by atoms with Gasteiger partial charge in [0.05, 0.1) is 26.4 Å². The topological polar surface area (TPSA) is 114 Å². The molecule has 22 heavy (non-hydrogen) atoms. The van der Waals surface area contributed by atoms with Crippen LogP contribution in [-0.4, -0.2) is 70.2 Å². The highest BCUT2D eigenvalue weighted by molar-refractivity contribution is 6.57. The Morgan fingerprint density at radius 1 is 1.05 bits per heavy atom. The first-order valence-corrected chi connectivity index (χ1v) is 9.30. The number of nitrogens with one attached hydrogen (secondary N) is 1. The second-order valence-corrected chi connectivity index (χ2v) is 7.22. The molecule has 0 bridgehead atoms. The fraction of sp³-hybridized carbons (Fsp3) is 0.846. The number of ether oxygens (including phenoxy) is 2. The van der Waals surface area contributed by atoms with Gasteiger partial charge in [0.15, 0.2) is 0 Å². The summed E-state index contributed by atoms with van der Waals surface area (Å²) in [4.78, 5) is 40.7. The van der Waals surface area contributed by atoms with Gasteiger partial charge in [-0.1, -0.05) is 0 Å². The molecule has 0 unspecified atom stereocenters. The van der Waals surface area contributed by atoms with Gasteiger partial charge in [-0.3, -0.25) is 9.59 Å². The summed E-state index contributed by atoms with van der Waals surface area (Å²) in [6.45, 7) is 3.33. The monoisotopic (exact) mass is 337 g/mol. The lowest BCUT2D eigenvalue weighted by molar-refractivity contribution is -0.122. The van der Waals surface area contributed by atoms with Crippen LogP contribution < -0.4 is 5.32 Å². The highest BCUT2D eigenvalue weighted by atomic mass is 28.4. The molecule has 9 heteroatoms. The van der Waals surface area contributed by atoms with E-state index in [0.29, 0.717) is 45.8 Å². The molecule has 0 atom stereocenters. The Labute approximate surface area is 132 Å². The minimum absolute atomic E-state index is 0.0883. The van der Waals surface area contributed by atoms with E-state index in [0.717, 1.165) is 0 Å². The third kappa shape index (κ3) is 14.1. The summed E-state index contributed by atoms with van der Waals surface area (Å²) in [7, 11) is -2.26. The van der Waals surface area contributed by atoms with Crippen LogP contribution in [-0.2, 0) is 23.5 Å². The minimum atomic E-state index is -3.51. The molecule has 0 aromatic heterocycles. The second kappa shape index (κ2) is 12.7. The summed E-state index contributed by atoms with van der Waals surface area (Å²) in [5.41, 5.74) is 0. The van der Waals surface area contributed by atoms with Gasteiger partial charge < -0.3 is 28.8 Å². The standard InChI is InChI=1S/C13H27NO7Si/c1-12(15)4-7-20-9-10-21-8-5-13(16)14-6-3-11-22(17,18)19-2/h17-18H,3-11H2,1-2H3,(H,14,16). The van der Waals surface area contributed by atoms with Crippen molar-refractivity contribution < 1.29 is 33.1 Å². The number of hydrogen-bond donors (Lipinski definition) is 3. The molecule has 0 aliphatic carbocycles. The molecule has 8 nitrogen and oxygen atoms in total. The van der Waals surface area contributed by atoms with Crippen LogP contribution in [0.1, 0.15) is 26.2 Å². The molecule has 0 aromatic rings. The van der Waals surface area contributed by atoms with E-state index < -0.39 is 8.80 Å². The molecular weight excluding hydrogens is 310 g/mol. The fourth-order valence-electron chi connectivity index (χ4n) is 1.44. The molecule has 0 aromatic carbocycles. The summed E-state index contributed by atoms with van der Waals surface area (Å²) < 4.78 is 15.0. The van der Waals surface area contributed by atoms with Gasteiger partial charge in [-0.2, -0.15) is 0 Å². The summed E-state index contributed by atoms with van der Waals surface area (Å²) in [6.07, 6.45) is 1.08. The average molecular weight is 337 g/mol. The zero-order valence-electron chi connectivity index (χ0n) is 13.3. The first-order valence-electron chi connectivity index (χ1n) is 7.29. The number of ketones is 1. The highest BCUT2D eigenvalue weighted by Crippen LogP contribution is 2.04. The molecule has 0 fully saturated rings. The quantitative estimate of drug-likeness (QED) is 0.288. The van der Waals surface area contributed by atoms with Gasteiger partial charge in [0.1, 0.15) is 5.78 Å². The molecule has 0 radical (unpaired) electrons. The van der Waals surface area contributed by atoms with Crippen LogP contribution in [0.4, 0.5) is 0 Å². The third-order valence-electron chi connectivity index (χ3n) is 2.77. The van der Waals surface area contributed by atoms with Crippen molar-refractivity contribution in [3.63, 3.8) is 0 Å². The molecule has 0 aliphatic heterocycles. The maximum atomic E-state index is 11.4. The van der Waals surface area contributed by atoms with E-state index >= 15 is 0 Å². The predicted molar refractivity (Wildman–Crippen MR) is 81.2 cm³/mol. The number of carbonyl (C=O) groups excluding carboxylic acids is 2. The van der Waals surface area contributed by atoms with Crippen LogP contribution in [0.5, 0.6) is 0 Å². The van der Waals surface area contributed by atoms with E-state index in [1.54, 1.807) is 0 Å². The van der Waals surface area contributed by atoms with Crippen LogP contribution in [0, 0.1) is 0 Å². The Morgan fingerprint density at radius 2 is 1.64 bits per heavy atom. The summed E-state index contributed by atoms with van der Waals surface area (Å²) in [6, 6.07) is 0.151. The number of hydrogen-bond acceptors (Lipinski definition) is 7. The average Bonchev–Trinajstić information content (AvgIpc) is 2.46. The smallest absolute Gasteiger partial charge is 0.390 e. The van der Waals surface area contributed by atoms with Crippen molar-refractivity contribution in [2.24, 2.45) is 0 Å². The molecule has 0 rings (SSSR count). The molecule has 130 valence electrons. The van der Waals surface area contributed by atoms with E-state index in [-0.39, 0.29) is 24.2 Å². The Kier molecular flexibility index (Phi) is 12.2. The number of Topliss-reactive ketones (excluding diaryl/α,β-unsaturated/α-hetero) is 1. The lowest BCUT2D eigenvalue weighted by Gasteiger charge is -2.14. The zero-order chi connectivity index (χ0) is 16.8. The van der Waals surface area contributed by atoms with Gasteiger partial charge >= 0.3 is 8.80 Å². The number of carbonyl (C=O) groups is 2. The SMILES string of the molecule is CO[Si](O)(O)CCCNC(=O)CCOCCOCCC(C)=O. The van der Waals surface area contributed by atoms with Crippen molar-refractivity contribution in [3.8, 4) is 0 Å². The normalized spacial score (nSPS) is 11.5. The lowest BCUT2D eigenvalue weighted by Crippen LogP contribution is -2.38. The Hall–Kier alpha value is -0.843. The first kappa shape index (κ1) is 21.2. The van der Waals surface area contributed by atoms with Gasteiger partial charge in [0, 0.05) is 32.5 Å². The predicted octanol–water partition coefficient (Wildman–Crippen LogP) is -0.535. The zero-order valence-corrected chi connectivity index (χ0v) is 14.3. The van der Waals surface area contributed by atoms with E-state index in [2.05, 4.69) is 9.74 Å². The van der Waals surface area contributed by atoms with Crippen molar-refractivity contribution in [2.75, 3.05) is 40.1 Å². The van der Waals surface area contributed by atoms with Crippen molar-refractivity contribution >= 4 is 20.5 Å². The summed E-state index contributed by atoms with van der Waals surface area (Å²) in [5.74, 6) is -0.0662. The molecule has 0 spiro atoms. The molecule has 0 aliphatic rings. The fourth-order valence-corrected chi connectivity index (χ4v) is 2.28. The van der Waals surface area contributed by atoms with Crippen LogP contribution in [0.25, 0.3) is 0 Å². The first-order chi connectivity index (χ1) is 10.4. The largest absolute Gasteiger partial charge is 0.495 e. The second-order valence-electron chi connectivity index (χ2n) is 4.83. The minimum Gasteiger partial charge on any atom is -0.390 e. The Balaban J connectivity index is 3.34. The summed E-state index contributed by atoms with van der Waals surface area (Å²) in [5, 5.41) is 2.66. The van der Waals surface area contributed by atoms with Crippen molar-refractivity contribution in [1.29, 1.82) is 0 Å². The maximum absolute atomic E-state index is 11.4. The molecule has 3 N–H and O–H groups in total. The molecule has 0 heterocycles. The van der Waals surface area contributed by atoms with Gasteiger partial charge in [-0.15, -0.1) is 0 Å².